The van der Waals surface area contributed by atoms with Gasteiger partial charge in [-0.2, -0.15) is 13.2 Å². The fourth-order valence-corrected chi connectivity index (χ4v) is 4.79. The van der Waals surface area contributed by atoms with Gasteiger partial charge in [-0.1, -0.05) is 18.2 Å². The van der Waals surface area contributed by atoms with Gasteiger partial charge >= 0.3 is 6.18 Å². The van der Waals surface area contributed by atoms with Gasteiger partial charge in [0.2, 0.25) is 5.91 Å². The molecule has 7 nitrogen and oxygen atoms in total. The van der Waals surface area contributed by atoms with Crippen molar-refractivity contribution in [3.63, 3.8) is 0 Å². The number of hydrogen-bond donors (Lipinski definition) is 1. The minimum Gasteiger partial charge on any atom is -0.497 e. The van der Waals surface area contributed by atoms with Crippen LogP contribution in [0.1, 0.15) is 11.1 Å². The van der Waals surface area contributed by atoms with Gasteiger partial charge in [0.1, 0.15) is 12.3 Å². The van der Waals surface area contributed by atoms with E-state index in [1.807, 2.05) is 0 Å². The van der Waals surface area contributed by atoms with Gasteiger partial charge < -0.3 is 10.1 Å². The maximum atomic E-state index is 13.6. The van der Waals surface area contributed by atoms with E-state index in [1.54, 1.807) is 31.2 Å². The lowest BCUT2D eigenvalue weighted by Crippen LogP contribution is -2.39. The van der Waals surface area contributed by atoms with E-state index < -0.39 is 39.1 Å². The summed E-state index contributed by atoms with van der Waals surface area (Å²) in [4.78, 5) is 15.6. The van der Waals surface area contributed by atoms with Crippen LogP contribution in [0, 0.1) is 6.92 Å². The van der Waals surface area contributed by atoms with Crippen LogP contribution in [0.2, 0.25) is 0 Å². The Balaban J connectivity index is 2.12. The monoisotopic (exact) mass is 479 g/mol. The lowest BCUT2D eigenvalue weighted by atomic mass is 10.2. The molecule has 33 heavy (non-hydrogen) atoms. The van der Waals surface area contributed by atoms with Gasteiger partial charge in [0.15, 0.2) is 0 Å². The number of aromatic nitrogens is 1. The molecule has 0 atom stereocenters. The van der Waals surface area contributed by atoms with Crippen molar-refractivity contribution in [2.24, 2.45) is 0 Å². The summed E-state index contributed by atoms with van der Waals surface area (Å²) in [6.45, 7) is 0.795. The first-order valence-electron chi connectivity index (χ1n) is 9.57. The molecule has 0 bridgehead atoms. The van der Waals surface area contributed by atoms with Crippen LogP contribution >= 0.6 is 0 Å². The molecule has 1 amide bonds. The first kappa shape index (κ1) is 24.1. The SMILES string of the molecule is COc1ccc(C)c(N(CC(=O)Nc2cccnc2)S(=O)(=O)c2ccccc2C(F)(F)F)c1. The van der Waals surface area contributed by atoms with Crippen LogP contribution in [0.5, 0.6) is 5.75 Å². The van der Waals surface area contributed by atoms with Gasteiger partial charge in [-0.15, -0.1) is 0 Å². The summed E-state index contributed by atoms with van der Waals surface area (Å²) in [6, 6.07) is 11.4. The van der Waals surface area contributed by atoms with Gasteiger partial charge in [-0.3, -0.25) is 14.1 Å². The summed E-state index contributed by atoms with van der Waals surface area (Å²) in [5, 5.41) is 2.50. The number of ether oxygens (including phenoxy) is 1. The van der Waals surface area contributed by atoms with Gasteiger partial charge in [-0.05, 0) is 42.8 Å². The molecule has 2 aromatic carbocycles. The summed E-state index contributed by atoms with van der Waals surface area (Å²) in [5.74, 6) is -0.495. The predicted molar refractivity (Wildman–Crippen MR) is 117 cm³/mol. The smallest absolute Gasteiger partial charge is 0.417 e. The molecule has 0 aliphatic heterocycles. The molecule has 1 N–H and O–H groups in total. The third-order valence-electron chi connectivity index (χ3n) is 4.68. The molecule has 1 heterocycles. The number of nitrogens with zero attached hydrogens (tertiary/aromatic N) is 2. The Kier molecular flexibility index (Phi) is 6.92. The van der Waals surface area contributed by atoms with Crippen molar-refractivity contribution >= 4 is 27.3 Å². The zero-order chi connectivity index (χ0) is 24.2. The minimum absolute atomic E-state index is 0.00710. The van der Waals surface area contributed by atoms with Gasteiger partial charge in [0, 0.05) is 12.3 Å². The highest BCUT2D eigenvalue weighted by Crippen LogP contribution is 2.37. The number of rotatable bonds is 7. The number of sulfonamides is 1. The van der Waals surface area contributed by atoms with E-state index in [4.69, 9.17) is 4.74 Å². The first-order chi connectivity index (χ1) is 15.5. The second-order valence-electron chi connectivity index (χ2n) is 6.95. The quantitative estimate of drug-likeness (QED) is 0.547. The number of carbonyl (C=O) groups is 1. The Labute approximate surface area is 188 Å². The van der Waals surface area contributed by atoms with E-state index in [1.165, 1.54) is 31.6 Å². The summed E-state index contributed by atoms with van der Waals surface area (Å²) in [6.07, 6.45) is -2.08. The maximum absolute atomic E-state index is 13.6. The van der Waals surface area contributed by atoms with Crippen LogP contribution in [-0.2, 0) is 21.0 Å². The Bertz CT molecular complexity index is 1250. The van der Waals surface area contributed by atoms with Crippen LogP contribution in [0.4, 0.5) is 24.5 Å². The van der Waals surface area contributed by atoms with E-state index in [0.717, 1.165) is 12.1 Å². The number of nitrogens with one attached hydrogen (secondary N) is 1. The van der Waals surface area contributed by atoms with Crippen LogP contribution in [0.3, 0.4) is 0 Å². The van der Waals surface area contributed by atoms with Crippen LogP contribution in [0.15, 0.2) is 71.9 Å². The summed E-state index contributed by atoms with van der Waals surface area (Å²) < 4.78 is 73.7. The van der Waals surface area contributed by atoms with E-state index in [2.05, 4.69) is 10.3 Å². The number of pyridine rings is 1. The number of hydrogen-bond acceptors (Lipinski definition) is 5. The van der Waals surface area contributed by atoms with Crippen LogP contribution in [-0.4, -0.2) is 33.0 Å². The zero-order valence-corrected chi connectivity index (χ0v) is 18.4. The van der Waals surface area contributed by atoms with E-state index in [0.29, 0.717) is 21.6 Å². The molecule has 0 saturated heterocycles. The molecule has 174 valence electrons. The van der Waals surface area contributed by atoms with Gasteiger partial charge in [0.25, 0.3) is 10.0 Å². The molecule has 0 aliphatic rings. The zero-order valence-electron chi connectivity index (χ0n) is 17.6. The molecule has 0 radical (unpaired) electrons. The molecule has 3 rings (SSSR count). The summed E-state index contributed by atoms with van der Waals surface area (Å²) in [5.41, 5.74) is -0.605. The number of halogens is 3. The van der Waals surface area contributed by atoms with Crippen molar-refractivity contribution in [1.29, 1.82) is 0 Å². The molecule has 1 aromatic heterocycles. The molecular weight excluding hydrogens is 459 g/mol. The number of anilines is 2. The van der Waals surface area contributed by atoms with Gasteiger partial charge in [-0.25, -0.2) is 8.42 Å². The number of carbonyl (C=O) groups excluding carboxylic acids is 1. The van der Waals surface area contributed by atoms with Crippen molar-refractivity contribution < 1.29 is 31.1 Å². The molecule has 0 fully saturated rings. The Morgan fingerprint density at radius 3 is 2.48 bits per heavy atom. The fourth-order valence-electron chi connectivity index (χ4n) is 3.10. The lowest BCUT2D eigenvalue weighted by molar-refractivity contribution is -0.139. The molecule has 0 unspecified atom stereocenters. The van der Waals surface area contributed by atoms with Crippen molar-refractivity contribution in [3.05, 3.63) is 78.1 Å². The highest BCUT2D eigenvalue weighted by molar-refractivity contribution is 7.93. The van der Waals surface area contributed by atoms with Crippen molar-refractivity contribution in [2.45, 2.75) is 18.0 Å². The predicted octanol–water partition coefficient (Wildman–Crippen LogP) is 4.25. The highest BCUT2D eigenvalue weighted by Gasteiger charge is 2.39. The summed E-state index contributed by atoms with van der Waals surface area (Å²) in [7, 11) is -3.46. The third kappa shape index (κ3) is 5.43. The summed E-state index contributed by atoms with van der Waals surface area (Å²) >= 11 is 0. The minimum atomic E-state index is -4.92. The number of benzene rings is 2. The van der Waals surface area contributed by atoms with Crippen LogP contribution < -0.4 is 14.4 Å². The topological polar surface area (TPSA) is 88.6 Å². The van der Waals surface area contributed by atoms with Crippen molar-refractivity contribution in [2.75, 3.05) is 23.3 Å². The molecule has 0 spiro atoms. The molecule has 0 aliphatic carbocycles. The normalized spacial score (nSPS) is 11.7. The molecular formula is C22H20F3N3O4S. The molecule has 3 aromatic rings. The van der Waals surface area contributed by atoms with E-state index >= 15 is 0 Å². The number of aryl methyl sites for hydroxylation is 1. The fraction of sp³-hybridized carbons (Fsp3) is 0.182. The average Bonchev–Trinajstić information content (AvgIpc) is 2.78. The second kappa shape index (κ2) is 9.49. The molecule has 11 heteroatoms. The van der Waals surface area contributed by atoms with E-state index in [9.17, 15) is 26.4 Å². The first-order valence-corrected chi connectivity index (χ1v) is 11.0. The number of alkyl halides is 3. The lowest BCUT2D eigenvalue weighted by Gasteiger charge is -2.27. The Hall–Kier alpha value is -3.60. The Morgan fingerprint density at radius 1 is 1.12 bits per heavy atom. The maximum Gasteiger partial charge on any atom is 0.417 e. The van der Waals surface area contributed by atoms with Crippen molar-refractivity contribution in [3.8, 4) is 5.75 Å². The van der Waals surface area contributed by atoms with Gasteiger partial charge in [0.05, 0.1) is 35.1 Å². The van der Waals surface area contributed by atoms with Crippen LogP contribution in [0.25, 0.3) is 0 Å². The van der Waals surface area contributed by atoms with Crippen molar-refractivity contribution in [1.82, 2.24) is 4.98 Å². The van der Waals surface area contributed by atoms with E-state index in [-0.39, 0.29) is 11.4 Å². The second-order valence-corrected chi connectivity index (χ2v) is 8.78. The molecule has 0 saturated carbocycles. The Morgan fingerprint density at radius 2 is 1.85 bits per heavy atom. The highest BCUT2D eigenvalue weighted by atomic mass is 32.2. The number of amides is 1. The third-order valence-corrected chi connectivity index (χ3v) is 6.50. The standard InChI is InChI=1S/C22H20F3N3O4S/c1-15-9-10-17(32-2)12-19(15)28(14-21(29)27-16-6-5-11-26-13-16)33(30,31)20-8-4-3-7-18(20)22(23,24)25/h3-13H,14H2,1-2H3,(H,27,29). The number of methoxy groups -OCH3 is 1. The largest absolute Gasteiger partial charge is 0.497 e. The average molecular weight is 479 g/mol.